The molecule has 2 rings (SSSR count). The maximum Gasteiger partial charge on any atom is 0.243 e. The molecule has 0 atom stereocenters. The molecule has 0 aliphatic carbocycles. The number of nitrogens with zero attached hydrogens (tertiary/aromatic N) is 2. The van der Waals surface area contributed by atoms with Crippen molar-refractivity contribution in [3.8, 4) is 11.8 Å². The van der Waals surface area contributed by atoms with E-state index in [1.165, 1.54) is 4.31 Å². The van der Waals surface area contributed by atoms with Crippen LogP contribution in [0.15, 0.2) is 59.5 Å². The van der Waals surface area contributed by atoms with Crippen molar-refractivity contribution >= 4 is 21.6 Å². The molecule has 0 fully saturated rings. The van der Waals surface area contributed by atoms with Crippen LogP contribution < -0.4 is 4.90 Å². The van der Waals surface area contributed by atoms with Gasteiger partial charge in [0.15, 0.2) is 0 Å². The van der Waals surface area contributed by atoms with Crippen LogP contribution in [-0.4, -0.2) is 38.3 Å². The number of carbonyl (C=O) groups is 1. The van der Waals surface area contributed by atoms with Crippen LogP contribution in [0.25, 0.3) is 0 Å². The van der Waals surface area contributed by atoms with E-state index in [1.54, 1.807) is 29.2 Å². The van der Waals surface area contributed by atoms with Gasteiger partial charge in [-0.05, 0) is 42.8 Å². The van der Waals surface area contributed by atoms with Crippen LogP contribution in [0, 0.1) is 11.8 Å². The molecule has 2 aromatic rings. The number of unbranched alkanes of at least 4 members (excludes halogenated alkanes) is 1. The van der Waals surface area contributed by atoms with E-state index in [0.717, 1.165) is 18.5 Å². The number of carbonyl (C=O) groups excluding carboxylic acids is 1. The van der Waals surface area contributed by atoms with Crippen LogP contribution in [0.5, 0.6) is 0 Å². The fourth-order valence-electron chi connectivity index (χ4n) is 3.04. The molecule has 0 saturated carbocycles. The maximum absolute atomic E-state index is 12.6. The first kappa shape index (κ1) is 23.7. The first-order valence-corrected chi connectivity index (χ1v) is 11.8. The molecular weight excluding hydrogens is 396 g/mol. The molecule has 0 aliphatic rings. The number of rotatable bonds is 9. The number of para-hydroxylation sites is 1. The van der Waals surface area contributed by atoms with Gasteiger partial charge >= 0.3 is 0 Å². The van der Waals surface area contributed by atoms with Gasteiger partial charge < -0.3 is 4.90 Å². The SMILES string of the molecule is CCCCC(=O)N(CC#Cc1ccc(S(=O)(=O)N(CC)CC)cc1)c1ccccc1. The second-order valence-corrected chi connectivity index (χ2v) is 8.77. The van der Waals surface area contributed by atoms with Crippen molar-refractivity contribution in [2.45, 2.75) is 44.9 Å². The average molecular weight is 427 g/mol. The molecule has 0 N–H and O–H groups in total. The molecule has 0 radical (unpaired) electrons. The van der Waals surface area contributed by atoms with Crippen molar-refractivity contribution in [3.05, 3.63) is 60.2 Å². The Hall–Kier alpha value is -2.62. The summed E-state index contributed by atoms with van der Waals surface area (Å²) in [6.07, 6.45) is 2.30. The Labute approximate surface area is 180 Å². The van der Waals surface area contributed by atoms with E-state index in [2.05, 4.69) is 18.8 Å². The van der Waals surface area contributed by atoms with E-state index in [4.69, 9.17) is 0 Å². The first-order chi connectivity index (χ1) is 14.4. The lowest BCUT2D eigenvalue weighted by molar-refractivity contribution is -0.118. The Bertz CT molecular complexity index is 971. The summed E-state index contributed by atoms with van der Waals surface area (Å²) < 4.78 is 26.6. The predicted octanol–water partition coefficient (Wildman–Crippen LogP) is 4.29. The van der Waals surface area contributed by atoms with Crippen molar-refractivity contribution in [3.63, 3.8) is 0 Å². The summed E-state index contributed by atoms with van der Waals surface area (Å²) >= 11 is 0. The minimum absolute atomic E-state index is 0.0537. The van der Waals surface area contributed by atoms with Gasteiger partial charge in [0.2, 0.25) is 15.9 Å². The van der Waals surface area contributed by atoms with Crippen molar-refractivity contribution < 1.29 is 13.2 Å². The van der Waals surface area contributed by atoms with E-state index < -0.39 is 10.0 Å². The Balaban J connectivity index is 2.16. The predicted molar refractivity (Wildman–Crippen MR) is 122 cm³/mol. The Morgan fingerprint density at radius 2 is 1.57 bits per heavy atom. The van der Waals surface area contributed by atoms with Gasteiger partial charge in [-0.2, -0.15) is 4.31 Å². The molecule has 0 unspecified atom stereocenters. The standard InChI is InChI=1S/C24H30N2O3S/c1-4-7-15-24(27)26(22-13-9-8-10-14-22)20-11-12-21-16-18-23(19-17-21)30(28,29)25(5-2)6-3/h8-10,13-14,16-19H,4-7,15,20H2,1-3H3. The van der Waals surface area contributed by atoms with Crippen molar-refractivity contribution in [1.82, 2.24) is 4.31 Å². The third kappa shape index (κ3) is 6.19. The topological polar surface area (TPSA) is 57.7 Å². The van der Waals surface area contributed by atoms with E-state index in [0.29, 0.717) is 25.1 Å². The summed E-state index contributed by atoms with van der Waals surface area (Å²) in [5, 5.41) is 0. The van der Waals surface area contributed by atoms with Gasteiger partial charge in [0.1, 0.15) is 0 Å². The zero-order valence-electron chi connectivity index (χ0n) is 18.0. The highest BCUT2D eigenvalue weighted by atomic mass is 32.2. The summed E-state index contributed by atoms with van der Waals surface area (Å²) in [6, 6.07) is 16.1. The number of amides is 1. The molecular formula is C24H30N2O3S. The molecule has 0 heterocycles. The van der Waals surface area contributed by atoms with Gasteiger partial charge in [0, 0.05) is 30.8 Å². The van der Waals surface area contributed by atoms with Crippen molar-refractivity contribution in [1.29, 1.82) is 0 Å². The molecule has 0 aliphatic heterocycles. The van der Waals surface area contributed by atoms with Crippen LogP contribution in [0.2, 0.25) is 0 Å². The van der Waals surface area contributed by atoms with Gasteiger partial charge in [-0.3, -0.25) is 4.79 Å². The van der Waals surface area contributed by atoms with Crippen LogP contribution in [0.3, 0.4) is 0 Å². The Kier molecular flexibility index (Phi) is 9.10. The zero-order valence-corrected chi connectivity index (χ0v) is 18.8. The molecule has 0 saturated heterocycles. The van der Waals surface area contributed by atoms with Crippen molar-refractivity contribution in [2.24, 2.45) is 0 Å². The molecule has 160 valence electrons. The summed E-state index contributed by atoms with van der Waals surface area (Å²) in [5.41, 5.74) is 1.54. The average Bonchev–Trinajstić information content (AvgIpc) is 2.76. The molecule has 0 spiro atoms. The molecule has 0 bridgehead atoms. The summed E-state index contributed by atoms with van der Waals surface area (Å²) in [7, 11) is -3.48. The number of anilines is 1. The third-order valence-electron chi connectivity index (χ3n) is 4.78. The van der Waals surface area contributed by atoms with Crippen LogP contribution in [0.4, 0.5) is 5.69 Å². The lowest BCUT2D eigenvalue weighted by atomic mass is 10.2. The summed E-state index contributed by atoms with van der Waals surface area (Å²) in [5.74, 6) is 6.15. The minimum Gasteiger partial charge on any atom is -0.301 e. The number of hydrogen-bond acceptors (Lipinski definition) is 3. The fourth-order valence-corrected chi connectivity index (χ4v) is 4.50. The van der Waals surface area contributed by atoms with Gasteiger partial charge in [-0.1, -0.05) is 57.2 Å². The lowest BCUT2D eigenvalue weighted by Crippen LogP contribution is -2.31. The van der Waals surface area contributed by atoms with E-state index in [-0.39, 0.29) is 17.3 Å². The highest BCUT2D eigenvalue weighted by Gasteiger charge is 2.21. The minimum atomic E-state index is -3.48. The molecule has 6 heteroatoms. The zero-order chi connectivity index (χ0) is 22.0. The smallest absolute Gasteiger partial charge is 0.243 e. The monoisotopic (exact) mass is 426 g/mol. The Morgan fingerprint density at radius 1 is 0.933 bits per heavy atom. The lowest BCUT2D eigenvalue weighted by Gasteiger charge is -2.20. The third-order valence-corrected chi connectivity index (χ3v) is 6.84. The summed E-state index contributed by atoms with van der Waals surface area (Å²) in [6.45, 7) is 6.85. The molecule has 30 heavy (non-hydrogen) atoms. The van der Waals surface area contributed by atoms with E-state index in [1.807, 2.05) is 44.2 Å². The molecule has 5 nitrogen and oxygen atoms in total. The highest BCUT2D eigenvalue weighted by molar-refractivity contribution is 7.89. The number of sulfonamides is 1. The summed E-state index contributed by atoms with van der Waals surface area (Å²) in [4.78, 5) is 14.6. The van der Waals surface area contributed by atoms with Gasteiger partial charge in [0.05, 0.1) is 11.4 Å². The number of hydrogen-bond donors (Lipinski definition) is 0. The second kappa shape index (κ2) is 11.5. The van der Waals surface area contributed by atoms with E-state index >= 15 is 0 Å². The van der Waals surface area contributed by atoms with E-state index in [9.17, 15) is 13.2 Å². The molecule has 0 aromatic heterocycles. The van der Waals surface area contributed by atoms with Gasteiger partial charge in [0.25, 0.3) is 0 Å². The van der Waals surface area contributed by atoms with Crippen LogP contribution in [-0.2, 0) is 14.8 Å². The second-order valence-electron chi connectivity index (χ2n) is 6.83. The largest absolute Gasteiger partial charge is 0.301 e. The van der Waals surface area contributed by atoms with Crippen molar-refractivity contribution in [2.75, 3.05) is 24.5 Å². The Morgan fingerprint density at radius 3 is 2.13 bits per heavy atom. The van der Waals surface area contributed by atoms with Crippen LogP contribution in [0.1, 0.15) is 45.6 Å². The maximum atomic E-state index is 12.6. The molecule has 2 aromatic carbocycles. The first-order valence-electron chi connectivity index (χ1n) is 10.4. The normalized spacial score (nSPS) is 11.1. The van der Waals surface area contributed by atoms with Gasteiger partial charge in [-0.25, -0.2) is 8.42 Å². The highest BCUT2D eigenvalue weighted by Crippen LogP contribution is 2.17. The van der Waals surface area contributed by atoms with Crippen LogP contribution >= 0.6 is 0 Å². The fraction of sp³-hybridized carbons (Fsp3) is 0.375. The quantitative estimate of drug-likeness (QED) is 0.562. The number of benzene rings is 2. The van der Waals surface area contributed by atoms with Gasteiger partial charge in [-0.15, -0.1) is 0 Å². The molecule has 1 amide bonds.